The predicted octanol–water partition coefficient (Wildman–Crippen LogP) is 1.43. The second-order valence-corrected chi connectivity index (χ2v) is 5.92. The Balaban J connectivity index is 1.96. The summed E-state index contributed by atoms with van der Waals surface area (Å²) >= 11 is 0. The van der Waals surface area contributed by atoms with Crippen molar-refractivity contribution in [3.8, 4) is 0 Å². The van der Waals surface area contributed by atoms with Gasteiger partial charge in [0, 0.05) is 32.2 Å². The number of amides is 1. The van der Waals surface area contributed by atoms with E-state index in [9.17, 15) is 4.79 Å². The number of rotatable bonds is 5. The molecule has 6 nitrogen and oxygen atoms in total. The largest absolute Gasteiger partial charge is 0.310 e. The van der Waals surface area contributed by atoms with E-state index in [4.69, 9.17) is 0 Å². The van der Waals surface area contributed by atoms with E-state index in [-0.39, 0.29) is 18.0 Å². The Morgan fingerprint density at radius 2 is 2.00 bits per heavy atom. The quantitative estimate of drug-likeness (QED) is 0.892. The zero-order valence-corrected chi connectivity index (χ0v) is 13.5. The summed E-state index contributed by atoms with van der Waals surface area (Å²) in [6, 6.07) is 2.04. The highest BCUT2D eigenvalue weighted by atomic mass is 16.2. The molecular weight excluding hydrogens is 266 g/mol. The van der Waals surface area contributed by atoms with E-state index >= 15 is 0 Å². The molecule has 6 heteroatoms. The highest BCUT2D eigenvalue weighted by Crippen LogP contribution is 2.17. The summed E-state index contributed by atoms with van der Waals surface area (Å²) in [5, 5.41) is 7.32. The highest BCUT2D eigenvalue weighted by molar-refractivity contribution is 5.93. The van der Waals surface area contributed by atoms with Crippen LogP contribution in [0.3, 0.4) is 0 Å². The number of aromatic nitrogens is 2. The van der Waals surface area contributed by atoms with E-state index in [1.807, 2.05) is 17.7 Å². The van der Waals surface area contributed by atoms with Crippen LogP contribution in [-0.4, -0.2) is 64.8 Å². The summed E-state index contributed by atoms with van der Waals surface area (Å²) in [7, 11) is 2.12. The van der Waals surface area contributed by atoms with Gasteiger partial charge in [0.1, 0.15) is 5.82 Å². The molecule has 1 N–H and O–H groups in total. The van der Waals surface area contributed by atoms with Gasteiger partial charge in [0.25, 0.3) is 0 Å². The van der Waals surface area contributed by atoms with E-state index in [1.165, 1.54) is 0 Å². The smallest absolute Gasteiger partial charge is 0.242 e. The third kappa shape index (κ3) is 3.83. The summed E-state index contributed by atoms with van der Waals surface area (Å²) in [6.07, 6.45) is 2.72. The molecule has 0 saturated carbocycles. The van der Waals surface area contributed by atoms with E-state index in [0.29, 0.717) is 0 Å². The van der Waals surface area contributed by atoms with Crippen molar-refractivity contribution in [3.63, 3.8) is 0 Å². The Morgan fingerprint density at radius 3 is 2.62 bits per heavy atom. The maximum Gasteiger partial charge on any atom is 0.242 e. The molecule has 0 aromatic carbocycles. The molecule has 0 radical (unpaired) electrons. The van der Waals surface area contributed by atoms with Gasteiger partial charge in [0.05, 0.1) is 18.3 Å². The molecule has 0 bridgehead atoms. The van der Waals surface area contributed by atoms with Gasteiger partial charge < -0.3 is 10.2 Å². The molecule has 2 atom stereocenters. The van der Waals surface area contributed by atoms with Crippen molar-refractivity contribution in [1.29, 1.82) is 0 Å². The number of piperazine rings is 1. The average Bonchev–Trinajstić information content (AvgIpc) is 2.94. The molecule has 1 aromatic rings. The summed E-state index contributed by atoms with van der Waals surface area (Å²) in [4.78, 5) is 17.0. The van der Waals surface area contributed by atoms with Gasteiger partial charge in [-0.25, -0.2) is 4.68 Å². The molecule has 1 fully saturated rings. The van der Waals surface area contributed by atoms with Gasteiger partial charge >= 0.3 is 0 Å². The second-order valence-electron chi connectivity index (χ2n) is 5.92. The molecule has 0 unspecified atom stereocenters. The first-order chi connectivity index (χ1) is 10.0. The normalized spacial score (nSPS) is 20.2. The van der Waals surface area contributed by atoms with Crippen LogP contribution in [0.5, 0.6) is 0 Å². The van der Waals surface area contributed by atoms with E-state index in [2.05, 4.69) is 41.1 Å². The van der Waals surface area contributed by atoms with Gasteiger partial charge in [0.2, 0.25) is 5.91 Å². The van der Waals surface area contributed by atoms with Crippen LogP contribution in [0.15, 0.2) is 12.3 Å². The fourth-order valence-electron chi connectivity index (χ4n) is 2.54. The second kappa shape index (κ2) is 7.04. The minimum Gasteiger partial charge on any atom is -0.310 e. The lowest BCUT2D eigenvalue weighted by molar-refractivity contribution is -0.121. The van der Waals surface area contributed by atoms with Gasteiger partial charge in [-0.1, -0.05) is 6.92 Å². The number of carbonyl (C=O) groups is 1. The molecule has 1 aromatic heterocycles. The molecule has 0 aliphatic carbocycles. The van der Waals surface area contributed by atoms with Crippen LogP contribution < -0.4 is 5.32 Å². The van der Waals surface area contributed by atoms with Gasteiger partial charge in [-0.05, 0) is 27.3 Å². The number of anilines is 1. The van der Waals surface area contributed by atoms with E-state index < -0.39 is 0 Å². The van der Waals surface area contributed by atoms with Gasteiger partial charge in [0.15, 0.2) is 0 Å². The topological polar surface area (TPSA) is 53.4 Å². The predicted molar refractivity (Wildman–Crippen MR) is 84.4 cm³/mol. The molecule has 21 heavy (non-hydrogen) atoms. The van der Waals surface area contributed by atoms with Crippen molar-refractivity contribution >= 4 is 11.7 Å². The number of nitrogens with one attached hydrogen (secondary N) is 1. The number of carbonyl (C=O) groups excluding carboxylic acids is 1. The fraction of sp³-hybridized carbons (Fsp3) is 0.733. The van der Waals surface area contributed by atoms with Gasteiger partial charge in [-0.15, -0.1) is 0 Å². The van der Waals surface area contributed by atoms with Crippen molar-refractivity contribution in [2.45, 2.75) is 39.3 Å². The Kier molecular flexibility index (Phi) is 5.36. The molecule has 1 amide bonds. The third-order valence-electron chi connectivity index (χ3n) is 4.39. The molecule has 118 valence electrons. The Hall–Kier alpha value is -1.40. The lowest BCUT2D eigenvalue weighted by Gasteiger charge is -2.35. The summed E-state index contributed by atoms with van der Waals surface area (Å²) in [5.74, 6) is 0.833. The van der Waals surface area contributed by atoms with E-state index in [0.717, 1.165) is 38.4 Å². The third-order valence-corrected chi connectivity index (χ3v) is 4.39. The number of likely N-dealkylation sites (N-methyl/N-ethyl adjacent to an activating group) is 1. The van der Waals surface area contributed by atoms with Crippen LogP contribution in [-0.2, 0) is 4.79 Å². The van der Waals surface area contributed by atoms with Crippen LogP contribution in [0.2, 0.25) is 0 Å². The summed E-state index contributed by atoms with van der Waals surface area (Å²) < 4.78 is 1.88. The lowest BCUT2D eigenvalue weighted by Crippen LogP contribution is -2.51. The first-order valence-corrected chi connectivity index (χ1v) is 7.80. The van der Waals surface area contributed by atoms with Gasteiger partial charge in [-0.3, -0.25) is 9.69 Å². The van der Waals surface area contributed by atoms with E-state index in [1.54, 1.807) is 6.20 Å². The minimum atomic E-state index is -0.112. The van der Waals surface area contributed by atoms with Crippen LogP contribution in [0.4, 0.5) is 5.82 Å². The van der Waals surface area contributed by atoms with Gasteiger partial charge in [-0.2, -0.15) is 5.10 Å². The molecule has 1 saturated heterocycles. The Bertz CT molecular complexity index is 464. The maximum absolute atomic E-state index is 12.4. The van der Waals surface area contributed by atoms with Crippen molar-refractivity contribution in [2.24, 2.45) is 0 Å². The SMILES string of the molecule is CC[C@@H](C)n1nccc1NC(=O)[C@H](C)N1CCN(C)CC1. The zero-order chi connectivity index (χ0) is 15.4. The standard InChI is InChI=1S/C15H27N5O/c1-5-12(2)20-14(6-7-16-20)17-15(21)13(3)19-10-8-18(4)9-11-19/h6-7,12-13H,5,8-11H2,1-4H3,(H,17,21)/t12-,13+/m1/s1. The first-order valence-electron chi connectivity index (χ1n) is 7.80. The molecule has 0 spiro atoms. The van der Waals surface area contributed by atoms with Crippen LogP contribution in [0.25, 0.3) is 0 Å². The van der Waals surface area contributed by atoms with Crippen molar-refractivity contribution < 1.29 is 4.79 Å². The molecule has 1 aliphatic rings. The Morgan fingerprint density at radius 1 is 1.33 bits per heavy atom. The molecular formula is C15H27N5O. The molecule has 2 rings (SSSR count). The monoisotopic (exact) mass is 293 g/mol. The number of nitrogens with zero attached hydrogens (tertiary/aromatic N) is 4. The molecule has 2 heterocycles. The zero-order valence-electron chi connectivity index (χ0n) is 13.5. The highest BCUT2D eigenvalue weighted by Gasteiger charge is 2.25. The van der Waals surface area contributed by atoms with Crippen LogP contribution >= 0.6 is 0 Å². The minimum absolute atomic E-state index is 0.0459. The number of hydrogen-bond acceptors (Lipinski definition) is 4. The summed E-state index contributed by atoms with van der Waals surface area (Å²) in [5.41, 5.74) is 0. The van der Waals surface area contributed by atoms with Crippen LogP contribution in [0, 0.1) is 0 Å². The number of hydrogen-bond donors (Lipinski definition) is 1. The first kappa shape index (κ1) is 16.0. The Labute approximate surface area is 127 Å². The lowest BCUT2D eigenvalue weighted by atomic mass is 10.2. The average molecular weight is 293 g/mol. The van der Waals surface area contributed by atoms with Crippen LogP contribution in [0.1, 0.15) is 33.2 Å². The van der Waals surface area contributed by atoms with Crippen molar-refractivity contribution in [2.75, 3.05) is 38.5 Å². The van der Waals surface area contributed by atoms with Crippen molar-refractivity contribution in [1.82, 2.24) is 19.6 Å². The maximum atomic E-state index is 12.4. The summed E-state index contributed by atoms with van der Waals surface area (Å²) in [6.45, 7) is 10.1. The fourth-order valence-corrected chi connectivity index (χ4v) is 2.54. The van der Waals surface area contributed by atoms with Crippen molar-refractivity contribution in [3.05, 3.63) is 12.3 Å². The molecule has 1 aliphatic heterocycles.